The van der Waals surface area contributed by atoms with E-state index in [4.69, 9.17) is 9.47 Å². The predicted octanol–water partition coefficient (Wildman–Crippen LogP) is 4.17. The standard InChI is InChI=1S/C22H27NO4/c1-4-27-22(25)6-5-13-23(15-18-8-11-20(26-3)12-9-18)21-14-17(2)7-10-19(21)16-24/h7-12,14,16H,4-6,13,15H2,1-3H3. The predicted molar refractivity (Wildman–Crippen MR) is 106 cm³/mol. The molecule has 0 spiro atoms. The molecule has 0 N–H and O–H groups in total. The van der Waals surface area contributed by atoms with Gasteiger partial charge in [0, 0.05) is 30.8 Å². The highest BCUT2D eigenvalue weighted by Crippen LogP contribution is 2.24. The Morgan fingerprint density at radius 2 is 1.89 bits per heavy atom. The lowest BCUT2D eigenvalue weighted by molar-refractivity contribution is -0.143. The normalized spacial score (nSPS) is 10.3. The van der Waals surface area contributed by atoms with Gasteiger partial charge >= 0.3 is 5.97 Å². The molecule has 0 fully saturated rings. The third-order valence-electron chi connectivity index (χ3n) is 4.30. The van der Waals surface area contributed by atoms with Crippen molar-refractivity contribution in [2.75, 3.05) is 25.2 Å². The number of aryl methyl sites for hydroxylation is 1. The van der Waals surface area contributed by atoms with Gasteiger partial charge in [-0.15, -0.1) is 0 Å². The molecule has 0 aliphatic rings. The lowest BCUT2D eigenvalue weighted by atomic mass is 10.1. The van der Waals surface area contributed by atoms with E-state index in [1.807, 2.05) is 49.4 Å². The SMILES string of the molecule is CCOC(=O)CCCN(Cc1ccc(OC)cc1)c1cc(C)ccc1C=O. The smallest absolute Gasteiger partial charge is 0.305 e. The molecule has 144 valence electrons. The van der Waals surface area contributed by atoms with Crippen LogP contribution >= 0.6 is 0 Å². The number of benzene rings is 2. The Morgan fingerprint density at radius 1 is 1.15 bits per heavy atom. The summed E-state index contributed by atoms with van der Waals surface area (Å²) in [5.74, 6) is 0.610. The highest BCUT2D eigenvalue weighted by molar-refractivity contribution is 5.85. The maximum absolute atomic E-state index is 11.7. The van der Waals surface area contributed by atoms with E-state index in [1.54, 1.807) is 14.0 Å². The molecule has 2 aromatic rings. The number of carbonyl (C=O) groups excluding carboxylic acids is 2. The van der Waals surface area contributed by atoms with Crippen LogP contribution < -0.4 is 9.64 Å². The highest BCUT2D eigenvalue weighted by Gasteiger charge is 2.13. The second-order valence-corrected chi connectivity index (χ2v) is 6.36. The number of anilines is 1. The molecule has 0 amide bonds. The fourth-order valence-electron chi connectivity index (χ4n) is 2.91. The van der Waals surface area contributed by atoms with E-state index in [-0.39, 0.29) is 5.97 Å². The molecule has 0 heterocycles. The van der Waals surface area contributed by atoms with Crippen LogP contribution in [0.5, 0.6) is 5.75 Å². The Balaban J connectivity index is 2.20. The monoisotopic (exact) mass is 369 g/mol. The van der Waals surface area contributed by atoms with Gasteiger partial charge in [0.1, 0.15) is 5.75 Å². The van der Waals surface area contributed by atoms with Gasteiger partial charge in [0.2, 0.25) is 0 Å². The summed E-state index contributed by atoms with van der Waals surface area (Å²) in [5.41, 5.74) is 3.71. The maximum atomic E-state index is 11.7. The maximum Gasteiger partial charge on any atom is 0.305 e. The largest absolute Gasteiger partial charge is 0.497 e. The van der Waals surface area contributed by atoms with Crippen LogP contribution in [0.25, 0.3) is 0 Å². The van der Waals surface area contributed by atoms with E-state index in [0.29, 0.717) is 38.1 Å². The molecule has 0 saturated heterocycles. The van der Waals surface area contributed by atoms with E-state index in [1.165, 1.54) is 0 Å². The van der Waals surface area contributed by atoms with E-state index < -0.39 is 0 Å². The summed E-state index contributed by atoms with van der Waals surface area (Å²) in [4.78, 5) is 25.3. The zero-order valence-electron chi connectivity index (χ0n) is 16.2. The van der Waals surface area contributed by atoms with E-state index >= 15 is 0 Å². The summed E-state index contributed by atoms with van der Waals surface area (Å²) >= 11 is 0. The molecule has 0 bridgehead atoms. The summed E-state index contributed by atoms with van der Waals surface area (Å²) in [6.45, 7) is 5.48. The summed E-state index contributed by atoms with van der Waals surface area (Å²) < 4.78 is 10.2. The minimum Gasteiger partial charge on any atom is -0.497 e. The van der Waals surface area contributed by atoms with E-state index in [2.05, 4.69) is 4.90 Å². The van der Waals surface area contributed by atoms with Gasteiger partial charge in [-0.25, -0.2) is 0 Å². The Hall–Kier alpha value is -2.82. The summed E-state index contributed by atoms with van der Waals surface area (Å²) in [6, 6.07) is 13.6. The Kier molecular flexibility index (Phi) is 7.86. The first-order valence-electron chi connectivity index (χ1n) is 9.16. The first-order chi connectivity index (χ1) is 13.1. The van der Waals surface area contributed by atoms with Gasteiger partial charge in [0.15, 0.2) is 6.29 Å². The van der Waals surface area contributed by atoms with Crippen molar-refractivity contribution < 1.29 is 19.1 Å². The lowest BCUT2D eigenvalue weighted by Gasteiger charge is -2.27. The molecule has 0 saturated carbocycles. The molecular weight excluding hydrogens is 342 g/mol. The first-order valence-corrected chi connectivity index (χ1v) is 9.16. The van der Waals surface area contributed by atoms with Gasteiger partial charge in [-0.05, 0) is 55.7 Å². The van der Waals surface area contributed by atoms with Crippen molar-refractivity contribution in [3.8, 4) is 5.75 Å². The van der Waals surface area contributed by atoms with Crippen molar-refractivity contribution >= 4 is 17.9 Å². The number of rotatable bonds is 10. The number of esters is 1. The number of aldehydes is 1. The molecule has 27 heavy (non-hydrogen) atoms. The van der Waals surface area contributed by atoms with Crippen molar-refractivity contribution in [3.63, 3.8) is 0 Å². The van der Waals surface area contributed by atoms with Crippen molar-refractivity contribution in [3.05, 3.63) is 59.2 Å². The van der Waals surface area contributed by atoms with Crippen LogP contribution in [-0.2, 0) is 16.1 Å². The van der Waals surface area contributed by atoms with Gasteiger partial charge in [-0.1, -0.05) is 18.2 Å². The molecule has 0 aromatic heterocycles. The van der Waals surface area contributed by atoms with E-state index in [0.717, 1.165) is 28.8 Å². The van der Waals surface area contributed by atoms with Crippen LogP contribution in [0.1, 0.15) is 41.3 Å². The quantitative estimate of drug-likeness (QED) is 0.465. The summed E-state index contributed by atoms with van der Waals surface area (Å²) in [7, 11) is 1.64. The number of hydrogen-bond donors (Lipinski definition) is 0. The number of carbonyl (C=O) groups is 2. The van der Waals surface area contributed by atoms with Crippen LogP contribution in [0, 0.1) is 6.92 Å². The number of nitrogens with zero attached hydrogens (tertiary/aromatic N) is 1. The topological polar surface area (TPSA) is 55.8 Å². The van der Waals surface area contributed by atoms with Gasteiger partial charge in [-0.3, -0.25) is 9.59 Å². The Labute approximate surface area is 160 Å². The average molecular weight is 369 g/mol. The van der Waals surface area contributed by atoms with Crippen LogP contribution in [0.4, 0.5) is 5.69 Å². The average Bonchev–Trinajstić information content (AvgIpc) is 2.68. The minimum absolute atomic E-state index is 0.193. The molecule has 5 nitrogen and oxygen atoms in total. The zero-order valence-corrected chi connectivity index (χ0v) is 16.2. The number of methoxy groups -OCH3 is 1. The van der Waals surface area contributed by atoms with Crippen LogP contribution in [0.15, 0.2) is 42.5 Å². The van der Waals surface area contributed by atoms with Gasteiger partial charge < -0.3 is 14.4 Å². The van der Waals surface area contributed by atoms with E-state index in [9.17, 15) is 9.59 Å². The van der Waals surface area contributed by atoms with Crippen molar-refractivity contribution in [2.24, 2.45) is 0 Å². The van der Waals surface area contributed by atoms with Crippen LogP contribution in [0.3, 0.4) is 0 Å². The van der Waals surface area contributed by atoms with Crippen molar-refractivity contribution in [1.82, 2.24) is 0 Å². The minimum atomic E-state index is -0.193. The molecule has 0 aliphatic carbocycles. The third kappa shape index (κ3) is 6.13. The van der Waals surface area contributed by atoms with Gasteiger partial charge in [-0.2, -0.15) is 0 Å². The van der Waals surface area contributed by atoms with Gasteiger partial charge in [0.05, 0.1) is 13.7 Å². The molecule has 2 aromatic carbocycles. The number of hydrogen-bond acceptors (Lipinski definition) is 5. The second-order valence-electron chi connectivity index (χ2n) is 6.36. The molecule has 5 heteroatoms. The van der Waals surface area contributed by atoms with Crippen molar-refractivity contribution in [1.29, 1.82) is 0 Å². The molecule has 2 rings (SSSR count). The highest BCUT2D eigenvalue weighted by atomic mass is 16.5. The van der Waals surface area contributed by atoms with Gasteiger partial charge in [0.25, 0.3) is 0 Å². The third-order valence-corrected chi connectivity index (χ3v) is 4.30. The second kappa shape index (κ2) is 10.4. The lowest BCUT2D eigenvalue weighted by Crippen LogP contribution is -2.26. The molecule has 0 unspecified atom stereocenters. The van der Waals surface area contributed by atoms with Crippen molar-refractivity contribution in [2.45, 2.75) is 33.2 Å². The molecule has 0 atom stereocenters. The molecule has 0 radical (unpaired) electrons. The summed E-state index contributed by atoms with van der Waals surface area (Å²) in [5, 5.41) is 0. The molecule has 0 aliphatic heterocycles. The fourth-order valence-corrected chi connectivity index (χ4v) is 2.91. The number of ether oxygens (including phenoxy) is 2. The summed E-state index contributed by atoms with van der Waals surface area (Å²) in [6.07, 6.45) is 1.89. The molecular formula is C22H27NO4. The zero-order chi connectivity index (χ0) is 19.6. The Bertz CT molecular complexity index is 755. The van der Waals surface area contributed by atoms with Crippen LogP contribution in [0.2, 0.25) is 0 Å². The van der Waals surface area contributed by atoms with Crippen LogP contribution in [-0.4, -0.2) is 32.5 Å². The fraction of sp³-hybridized carbons (Fsp3) is 0.364. The first kappa shape index (κ1) is 20.5. The Morgan fingerprint density at radius 3 is 2.52 bits per heavy atom.